The molecule has 1 amide bonds. The maximum absolute atomic E-state index is 11.6. The maximum atomic E-state index is 11.6. The van der Waals surface area contributed by atoms with Crippen molar-refractivity contribution in [3.05, 3.63) is 33.1 Å². The van der Waals surface area contributed by atoms with Gasteiger partial charge in [0.1, 0.15) is 6.54 Å². The van der Waals surface area contributed by atoms with Crippen molar-refractivity contribution in [1.82, 2.24) is 14.6 Å². The average Bonchev–Trinajstić information content (AvgIpc) is 2.26. The molecule has 7 nitrogen and oxygen atoms in total. The number of amides is 1. The van der Waals surface area contributed by atoms with Crippen LogP contribution in [0.4, 0.5) is 0 Å². The Morgan fingerprint density at radius 1 is 1.39 bits per heavy atom. The van der Waals surface area contributed by atoms with Crippen molar-refractivity contribution in [3.8, 4) is 0 Å². The minimum absolute atomic E-state index is 0.205. The molecule has 0 saturated carbocycles. The molecule has 0 aliphatic heterocycles. The molecule has 1 rings (SSSR count). The predicted molar refractivity (Wildman–Crippen MR) is 64.9 cm³/mol. The van der Waals surface area contributed by atoms with Gasteiger partial charge in [0.05, 0.1) is 5.60 Å². The van der Waals surface area contributed by atoms with Gasteiger partial charge in [-0.15, -0.1) is 0 Å². The van der Waals surface area contributed by atoms with Crippen molar-refractivity contribution in [1.29, 1.82) is 0 Å². The summed E-state index contributed by atoms with van der Waals surface area (Å²) in [4.78, 5) is 39.4. The number of hydrogen-bond donors (Lipinski definition) is 1. The van der Waals surface area contributed by atoms with Crippen LogP contribution in [0.5, 0.6) is 0 Å². The molecular formula is C11H17N3O4. The number of hydroxylamine groups is 1. The molecule has 1 heterocycles. The first-order valence-corrected chi connectivity index (χ1v) is 5.44. The van der Waals surface area contributed by atoms with Gasteiger partial charge in [-0.3, -0.25) is 23.6 Å². The van der Waals surface area contributed by atoms with Crippen LogP contribution in [0, 0.1) is 0 Å². The normalized spacial score (nSPS) is 11.3. The number of carbonyl (C=O) groups excluding carboxylic acids is 1. The third-order valence-electron chi connectivity index (χ3n) is 2.05. The van der Waals surface area contributed by atoms with Crippen LogP contribution in [0.15, 0.2) is 21.9 Å². The van der Waals surface area contributed by atoms with Crippen molar-refractivity contribution in [3.63, 3.8) is 0 Å². The van der Waals surface area contributed by atoms with E-state index in [9.17, 15) is 14.4 Å². The fraction of sp³-hybridized carbons (Fsp3) is 0.545. The summed E-state index contributed by atoms with van der Waals surface area (Å²) in [6, 6.07) is 1.22. The lowest BCUT2D eigenvalue weighted by Gasteiger charge is -2.19. The Bertz CT molecular complexity index is 551. The summed E-state index contributed by atoms with van der Waals surface area (Å²) in [7, 11) is 1.35. The molecule has 1 N–H and O–H groups in total. The van der Waals surface area contributed by atoms with Crippen LogP contribution in [-0.2, 0) is 23.2 Å². The van der Waals surface area contributed by atoms with Crippen LogP contribution in [0.1, 0.15) is 20.8 Å². The average molecular weight is 255 g/mol. The molecule has 0 saturated heterocycles. The zero-order valence-electron chi connectivity index (χ0n) is 10.9. The Morgan fingerprint density at radius 2 is 2.00 bits per heavy atom. The van der Waals surface area contributed by atoms with Crippen LogP contribution in [0.25, 0.3) is 0 Å². The van der Waals surface area contributed by atoms with Gasteiger partial charge in [0, 0.05) is 19.3 Å². The summed E-state index contributed by atoms with van der Waals surface area (Å²) < 4.78 is 2.06. The van der Waals surface area contributed by atoms with E-state index in [1.165, 1.54) is 19.3 Å². The van der Waals surface area contributed by atoms with Crippen molar-refractivity contribution < 1.29 is 9.63 Å². The molecule has 0 aliphatic carbocycles. The molecule has 18 heavy (non-hydrogen) atoms. The summed E-state index contributed by atoms with van der Waals surface area (Å²) in [5.41, 5.74) is 0.775. The van der Waals surface area contributed by atoms with E-state index in [2.05, 4.69) is 5.48 Å². The second-order valence-corrected chi connectivity index (χ2v) is 4.86. The van der Waals surface area contributed by atoms with Crippen LogP contribution in [0.3, 0.4) is 0 Å². The number of nitrogens with zero attached hydrogens (tertiary/aromatic N) is 2. The van der Waals surface area contributed by atoms with Gasteiger partial charge >= 0.3 is 5.69 Å². The molecule has 0 aliphatic rings. The number of carbonyl (C=O) groups is 1. The predicted octanol–water partition coefficient (Wildman–Crippen LogP) is -0.607. The molecule has 0 spiro atoms. The van der Waals surface area contributed by atoms with Gasteiger partial charge in [0.2, 0.25) is 0 Å². The third-order valence-corrected chi connectivity index (χ3v) is 2.05. The summed E-state index contributed by atoms with van der Waals surface area (Å²) in [6.07, 6.45) is 1.28. The van der Waals surface area contributed by atoms with Gasteiger partial charge in [-0.1, -0.05) is 0 Å². The smallest absolute Gasteiger partial charge is 0.291 e. The van der Waals surface area contributed by atoms with Crippen molar-refractivity contribution in [2.24, 2.45) is 7.05 Å². The highest BCUT2D eigenvalue weighted by Gasteiger charge is 2.13. The van der Waals surface area contributed by atoms with E-state index < -0.39 is 22.8 Å². The van der Waals surface area contributed by atoms with E-state index in [0.29, 0.717) is 0 Å². The molecule has 1 aromatic heterocycles. The third kappa shape index (κ3) is 3.85. The molecule has 0 bridgehead atoms. The molecule has 0 atom stereocenters. The number of aromatic nitrogens is 2. The summed E-state index contributed by atoms with van der Waals surface area (Å²) >= 11 is 0. The lowest BCUT2D eigenvalue weighted by atomic mass is 10.2. The highest BCUT2D eigenvalue weighted by Crippen LogP contribution is 2.03. The molecule has 7 heteroatoms. The molecule has 0 radical (unpaired) electrons. The van der Waals surface area contributed by atoms with Crippen molar-refractivity contribution in [2.45, 2.75) is 32.9 Å². The van der Waals surface area contributed by atoms with Gasteiger partial charge in [-0.25, -0.2) is 10.3 Å². The second kappa shape index (κ2) is 5.18. The van der Waals surface area contributed by atoms with Gasteiger partial charge in [-0.05, 0) is 20.8 Å². The number of hydrogen-bond acceptors (Lipinski definition) is 4. The Morgan fingerprint density at radius 3 is 2.56 bits per heavy atom. The zero-order chi connectivity index (χ0) is 13.9. The van der Waals surface area contributed by atoms with E-state index in [4.69, 9.17) is 4.84 Å². The first-order valence-electron chi connectivity index (χ1n) is 5.44. The largest absolute Gasteiger partial charge is 0.331 e. The first-order chi connectivity index (χ1) is 8.20. The van der Waals surface area contributed by atoms with Crippen molar-refractivity contribution >= 4 is 5.91 Å². The Kier molecular flexibility index (Phi) is 4.07. The van der Waals surface area contributed by atoms with Crippen LogP contribution in [-0.4, -0.2) is 20.6 Å². The summed E-state index contributed by atoms with van der Waals surface area (Å²) in [6.45, 7) is 5.14. The topological polar surface area (TPSA) is 82.3 Å². The molecule has 0 unspecified atom stereocenters. The zero-order valence-corrected chi connectivity index (χ0v) is 10.9. The molecule has 1 aromatic rings. The molecule has 100 valence electrons. The van der Waals surface area contributed by atoms with Gasteiger partial charge in [-0.2, -0.15) is 0 Å². The van der Waals surface area contributed by atoms with Gasteiger partial charge in [0.15, 0.2) is 0 Å². The van der Waals surface area contributed by atoms with Gasteiger partial charge < -0.3 is 0 Å². The van der Waals surface area contributed by atoms with Crippen LogP contribution >= 0.6 is 0 Å². The minimum atomic E-state index is -0.548. The number of nitrogens with one attached hydrogen (secondary N) is 1. The second-order valence-electron chi connectivity index (χ2n) is 4.86. The SMILES string of the molecule is Cn1c(=O)ccn(CC(=O)NOC(C)(C)C)c1=O. The molecular weight excluding hydrogens is 238 g/mol. The lowest BCUT2D eigenvalue weighted by Crippen LogP contribution is -2.41. The maximum Gasteiger partial charge on any atom is 0.331 e. The van der Waals surface area contributed by atoms with E-state index in [0.717, 1.165) is 9.13 Å². The molecule has 0 aromatic carbocycles. The van der Waals surface area contributed by atoms with Gasteiger partial charge in [0.25, 0.3) is 11.5 Å². The number of rotatable bonds is 3. The van der Waals surface area contributed by atoms with E-state index in [-0.39, 0.29) is 6.54 Å². The molecule has 0 fully saturated rings. The monoisotopic (exact) mass is 255 g/mol. The standard InChI is InChI=1S/C11H17N3O4/c1-11(2,3)18-12-8(15)7-14-6-5-9(16)13(4)10(14)17/h5-6H,7H2,1-4H3,(H,12,15). The van der Waals surface area contributed by atoms with E-state index in [1.54, 1.807) is 20.8 Å². The van der Waals surface area contributed by atoms with Crippen LogP contribution in [0.2, 0.25) is 0 Å². The summed E-state index contributed by atoms with van der Waals surface area (Å²) in [5.74, 6) is -0.467. The Labute approximate surface area is 104 Å². The fourth-order valence-corrected chi connectivity index (χ4v) is 1.13. The Balaban J connectivity index is 2.75. The highest BCUT2D eigenvalue weighted by molar-refractivity contribution is 5.74. The fourth-order valence-electron chi connectivity index (χ4n) is 1.13. The lowest BCUT2D eigenvalue weighted by molar-refractivity contribution is -0.146. The highest BCUT2D eigenvalue weighted by atomic mass is 16.7. The summed E-state index contributed by atoms with van der Waals surface area (Å²) in [5, 5.41) is 0. The first kappa shape index (κ1) is 14.2. The van der Waals surface area contributed by atoms with E-state index in [1.807, 2.05) is 0 Å². The minimum Gasteiger partial charge on any atom is -0.291 e. The van der Waals surface area contributed by atoms with Crippen molar-refractivity contribution in [2.75, 3.05) is 0 Å². The quantitative estimate of drug-likeness (QED) is 0.731. The van der Waals surface area contributed by atoms with Crippen LogP contribution < -0.4 is 16.7 Å². The van der Waals surface area contributed by atoms with E-state index >= 15 is 0 Å². The Hall–Kier alpha value is -1.89.